The van der Waals surface area contributed by atoms with Crippen LogP contribution in [0.2, 0.25) is 0 Å². The fourth-order valence-electron chi connectivity index (χ4n) is 4.89. The van der Waals surface area contributed by atoms with Gasteiger partial charge in [-0.3, -0.25) is 9.69 Å². The van der Waals surface area contributed by atoms with Crippen LogP contribution in [0.5, 0.6) is 11.5 Å². The first-order valence-electron chi connectivity index (χ1n) is 10.4. The maximum absolute atomic E-state index is 12.4. The van der Waals surface area contributed by atoms with Crippen molar-refractivity contribution in [2.24, 2.45) is 0 Å². The molecule has 5 heteroatoms. The van der Waals surface area contributed by atoms with Crippen molar-refractivity contribution in [3.05, 3.63) is 65.7 Å². The van der Waals surface area contributed by atoms with E-state index >= 15 is 0 Å². The van der Waals surface area contributed by atoms with E-state index in [1.165, 1.54) is 18.4 Å². The molecule has 0 radical (unpaired) electrons. The molecule has 2 unspecified atom stereocenters. The Bertz CT molecular complexity index is 898. The predicted molar refractivity (Wildman–Crippen MR) is 112 cm³/mol. The van der Waals surface area contributed by atoms with E-state index < -0.39 is 0 Å². The zero-order valence-electron chi connectivity index (χ0n) is 16.4. The van der Waals surface area contributed by atoms with Gasteiger partial charge in [-0.1, -0.05) is 36.4 Å². The Labute approximate surface area is 171 Å². The Morgan fingerprint density at radius 3 is 2.59 bits per heavy atom. The molecule has 5 nitrogen and oxygen atoms in total. The SMILES string of the molecule is O=C(/C=C/c1ccccc1)NC1CC2CCC(C1)N2Cc1ccc2c(c1)OCO2. The fourth-order valence-corrected chi connectivity index (χ4v) is 4.89. The molecule has 2 atom stereocenters. The van der Waals surface area contributed by atoms with Crippen molar-refractivity contribution in [1.82, 2.24) is 10.2 Å². The first-order chi connectivity index (χ1) is 14.2. The van der Waals surface area contributed by atoms with E-state index in [-0.39, 0.29) is 11.9 Å². The monoisotopic (exact) mass is 390 g/mol. The van der Waals surface area contributed by atoms with Crippen molar-refractivity contribution in [3.8, 4) is 11.5 Å². The van der Waals surface area contributed by atoms with E-state index in [9.17, 15) is 4.79 Å². The summed E-state index contributed by atoms with van der Waals surface area (Å²) in [4.78, 5) is 15.0. The van der Waals surface area contributed by atoms with Crippen molar-refractivity contribution in [2.75, 3.05) is 6.79 Å². The molecule has 3 heterocycles. The predicted octanol–water partition coefficient (Wildman–Crippen LogP) is 3.74. The Balaban J connectivity index is 1.18. The molecule has 0 spiro atoms. The molecule has 2 saturated heterocycles. The zero-order valence-corrected chi connectivity index (χ0v) is 16.4. The van der Waals surface area contributed by atoms with Crippen molar-refractivity contribution in [1.29, 1.82) is 0 Å². The van der Waals surface area contributed by atoms with E-state index in [0.29, 0.717) is 18.9 Å². The van der Waals surface area contributed by atoms with Crippen LogP contribution in [0.4, 0.5) is 0 Å². The third-order valence-electron chi connectivity index (χ3n) is 6.26. The molecule has 2 aromatic carbocycles. The quantitative estimate of drug-likeness (QED) is 0.791. The van der Waals surface area contributed by atoms with Gasteiger partial charge in [0.15, 0.2) is 11.5 Å². The number of fused-ring (bicyclic) bond motifs is 3. The third-order valence-corrected chi connectivity index (χ3v) is 6.26. The summed E-state index contributed by atoms with van der Waals surface area (Å²) in [7, 11) is 0. The summed E-state index contributed by atoms with van der Waals surface area (Å²) < 4.78 is 10.9. The van der Waals surface area contributed by atoms with Crippen LogP contribution in [0.1, 0.15) is 36.8 Å². The van der Waals surface area contributed by atoms with Crippen molar-refractivity contribution in [2.45, 2.75) is 50.4 Å². The van der Waals surface area contributed by atoms with Crippen LogP contribution in [0.15, 0.2) is 54.6 Å². The van der Waals surface area contributed by atoms with Gasteiger partial charge in [0, 0.05) is 30.7 Å². The first-order valence-corrected chi connectivity index (χ1v) is 10.4. The lowest BCUT2D eigenvalue weighted by Gasteiger charge is -2.39. The maximum Gasteiger partial charge on any atom is 0.244 e. The standard InChI is InChI=1S/C24H26N2O3/c27-24(11-7-17-4-2-1-3-5-17)25-19-13-20-8-9-21(14-19)26(20)15-18-6-10-22-23(12-18)29-16-28-22/h1-7,10-12,19-21H,8-9,13-16H2,(H,25,27)/b11-7+. The molecule has 0 aromatic heterocycles. The van der Waals surface area contributed by atoms with Crippen LogP contribution in [0, 0.1) is 0 Å². The van der Waals surface area contributed by atoms with Crippen LogP contribution >= 0.6 is 0 Å². The summed E-state index contributed by atoms with van der Waals surface area (Å²) in [6.45, 7) is 1.24. The summed E-state index contributed by atoms with van der Waals surface area (Å²) in [5, 5.41) is 3.22. The molecule has 2 fully saturated rings. The van der Waals surface area contributed by atoms with Gasteiger partial charge in [-0.25, -0.2) is 0 Å². The molecule has 150 valence electrons. The third kappa shape index (κ3) is 4.01. The van der Waals surface area contributed by atoms with Gasteiger partial charge < -0.3 is 14.8 Å². The summed E-state index contributed by atoms with van der Waals surface area (Å²) in [5.74, 6) is 1.69. The number of amides is 1. The lowest BCUT2D eigenvalue weighted by Crippen LogP contribution is -2.49. The second-order valence-corrected chi connectivity index (χ2v) is 8.17. The van der Waals surface area contributed by atoms with Crippen molar-refractivity contribution < 1.29 is 14.3 Å². The van der Waals surface area contributed by atoms with Crippen LogP contribution in [-0.4, -0.2) is 35.7 Å². The van der Waals surface area contributed by atoms with E-state index in [0.717, 1.165) is 36.4 Å². The van der Waals surface area contributed by atoms with Gasteiger partial charge >= 0.3 is 0 Å². The van der Waals surface area contributed by atoms with Gasteiger partial charge in [-0.2, -0.15) is 0 Å². The highest BCUT2D eigenvalue weighted by Gasteiger charge is 2.40. The van der Waals surface area contributed by atoms with E-state index in [1.807, 2.05) is 42.5 Å². The summed E-state index contributed by atoms with van der Waals surface area (Å²) in [6, 6.07) is 17.5. The lowest BCUT2D eigenvalue weighted by molar-refractivity contribution is -0.117. The molecule has 0 aliphatic carbocycles. The van der Waals surface area contributed by atoms with Gasteiger partial charge in [-0.15, -0.1) is 0 Å². The summed E-state index contributed by atoms with van der Waals surface area (Å²) in [5.41, 5.74) is 2.31. The Hall–Kier alpha value is -2.79. The first kappa shape index (κ1) is 18.3. The smallest absolute Gasteiger partial charge is 0.244 e. The van der Waals surface area contributed by atoms with Gasteiger partial charge in [0.25, 0.3) is 0 Å². The number of ether oxygens (including phenoxy) is 2. The number of carbonyl (C=O) groups excluding carboxylic acids is 1. The fraction of sp³-hybridized carbons (Fsp3) is 0.375. The number of benzene rings is 2. The van der Waals surface area contributed by atoms with Gasteiger partial charge in [0.05, 0.1) is 0 Å². The maximum atomic E-state index is 12.4. The van der Waals surface area contributed by atoms with Crippen molar-refractivity contribution in [3.63, 3.8) is 0 Å². The number of carbonyl (C=O) groups is 1. The molecule has 0 saturated carbocycles. The molecule has 3 aliphatic rings. The Morgan fingerprint density at radius 2 is 1.79 bits per heavy atom. The highest BCUT2D eigenvalue weighted by atomic mass is 16.7. The minimum absolute atomic E-state index is 0.00229. The Kier molecular flexibility index (Phi) is 4.98. The normalized spacial score (nSPS) is 25.4. The second-order valence-electron chi connectivity index (χ2n) is 8.17. The van der Waals surface area contributed by atoms with Gasteiger partial charge in [-0.05, 0) is 55.0 Å². The molecular weight excluding hydrogens is 364 g/mol. The molecule has 1 N–H and O–H groups in total. The topological polar surface area (TPSA) is 50.8 Å². The summed E-state index contributed by atoms with van der Waals surface area (Å²) >= 11 is 0. The molecule has 3 aliphatic heterocycles. The lowest BCUT2D eigenvalue weighted by atomic mass is 9.96. The van der Waals surface area contributed by atoms with Gasteiger partial charge in [0.2, 0.25) is 12.7 Å². The Morgan fingerprint density at radius 1 is 1.03 bits per heavy atom. The number of nitrogens with one attached hydrogen (secondary N) is 1. The van der Waals surface area contributed by atoms with Gasteiger partial charge in [0.1, 0.15) is 0 Å². The van der Waals surface area contributed by atoms with Crippen LogP contribution in [-0.2, 0) is 11.3 Å². The number of rotatable bonds is 5. The largest absolute Gasteiger partial charge is 0.454 e. The van der Waals surface area contributed by atoms with Crippen LogP contribution in [0.25, 0.3) is 6.08 Å². The highest BCUT2D eigenvalue weighted by molar-refractivity contribution is 5.91. The zero-order chi connectivity index (χ0) is 19.6. The van der Waals surface area contributed by atoms with E-state index in [1.54, 1.807) is 6.08 Å². The average molecular weight is 390 g/mol. The number of nitrogens with zero attached hydrogens (tertiary/aromatic N) is 1. The second kappa shape index (κ2) is 7.91. The highest BCUT2D eigenvalue weighted by Crippen LogP contribution is 2.38. The van der Waals surface area contributed by atoms with E-state index in [4.69, 9.17) is 9.47 Å². The van der Waals surface area contributed by atoms with Crippen LogP contribution in [0.3, 0.4) is 0 Å². The average Bonchev–Trinajstić information content (AvgIpc) is 3.29. The number of piperidine rings is 1. The molecule has 2 bridgehead atoms. The van der Waals surface area contributed by atoms with E-state index in [2.05, 4.69) is 22.3 Å². The molecule has 2 aromatic rings. The van der Waals surface area contributed by atoms with Crippen LogP contribution < -0.4 is 14.8 Å². The number of hydrogen-bond acceptors (Lipinski definition) is 4. The molecular formula is C24H26N2O3. The minimum Gasteiger partial charge on any atom is -0.454 e. The number of hydrogen-bond donors (Lipinski definition) is 1. The minimum atomic E-state index is 0.00229. The summed E-state index contributed by atoms with van der Waals surface area (Å²) in [6.07, 6.45) is 7.98. The molecule has 5 rings (SSSR count). The van der Waals surface area contributed by atoms with Crippen molar-refractivity contribution >= 4 is 12.0 Å². The molecule has 1 amide bonds. The molecule has 29 heavy (non-hydrogen) atoms.